The molecule has 0 saturated heterocycles. The highest BCUT2D eigenvalue weighted by atomic mass is 32.2. The fraction of sp³-hybridized carbons (Fsp3) is 0.600. The van der Waals surface area contributed by atoms with Crippen LogP contribution in [-0.4, -0.2) is 26.0 Å². The molecule has 1 aromatic carbocycles. The molecule has 0 unspecified atom stereocenters. The molecular formula is C15H23NOS. The maximum absolute atomic E-state index is 5.02. The van der Waals surface area contributed by atoms with Crippen LogP contribution >= 0.6 is 11.8 Å². The largest absolute Gasteiger partial charge is 0.383 e. The Morgan fingerprint density at radius 3 is 3.00 bits per heavy atom. The van der Waals surface area contributed by atoms with Gasteiger partial charge in [0.05, 0.1) is 6.61 Å². The second-order valence-electron chi connectivity index (χ2n) is 4.92. The third-order valence-electron chi connectivity index (χ3n) is 3.42. The van der Waals surface area contributed by atoms with Crippen LogP contribution in [0.15, 0.2) is 29.2 Å². The number of hydrogen-bond acceptors (Lipinski definition) is 3. The maximum atomic E-state index is 5.02. The number of methoxy groups -OCH3 is 1. The number of thioether (sulfide) groups is 1. The van der Waals surface area contributed by atoms with Crippen LogP contribution in [0, 0.1) is 5.92 Å². The molecule has 0 bridgehead atoms. The average Bonchev–Trinajstić information content (AvgIpc) is 2.33. The Bertz CT molecular complexity index is 352. The first-order valence-electron chi connectivity index (χ1n) is 6.80. The topological polar surface area (TPSA) is 21.3 Å². The third-order valence-corrected chi connectivity index (χ3v) is 4.65. The lowest BCUT2D eigenvalue weighted by atomic mass is 9.87. The lowest BCUT2D eigenvalue weighted by Crippen LogP contribution is -2.18. The van der Waals surface area contributed by atoms with E-state index in [2.05, 4.69) is 29.6 Å². The smallest absolute Gasteiger partial charge is 0.0587 e. The molecule has 0 radical (unpaired) electrons. The standard InChI is InChI=1S/C15H23NOS/c1-17-9-8-16-11-14-6-3-7-15(10-14)18-12-13-4-2-5-13/h3,6-7,10,13,16H,2,4-5,8-9,11-12H2,1H3. The predicted molar refractivity (Wildman–Crippen MR) is 78.1 cm³/mol. The van der Waals surface area contributed by atoms with Gasteiger partial charge in [-0.15, -0.1) is 11.8 Å². The van der Waals surface area contributed by atoms with Crippen molar-refractivity contribution in [1.82, 2.24) is 5.32 Å². The van der Waals surface area contributed by atoms with E-state index in [1.807, 2.05) is 11.8 Å². The quantitative estimate of drug-likeness (QED) is 0.575. The van der Waals surface area contributed by atoms with Crippen LogP contribution in [0.3, 0.4) is 0 Å². The molecule has 0 heterocycles. The molecule has 1 aliphatic rings. The highest BCUT2D eigenvalue weighted by molar-refractivity contribution is 7.99. The summed E-state index contributed by atoms with van der Waals surface area (Å²) in [6.07, 6.45) is 4.31. The van der Waals surface area contributed by atoms with Gasteiger partial charge in [-0.3, -0.25) is 0 Å². The minimum atomic E-state index is 0.774. The van der Waals surface area contributed by atoms with Crippen LogP contribution in [0.5, 0.6) is 0 Å². The van der Waals surface area contributed by atoms with Crippen molar-refractivity contribution in [2.75, 3.05) is 26.0 Å². The molecular weight excluding hydrogens is 242 g/mol. The van der Waals surface area contributed by atoms with Gasteiger partial charge in [-0.1, -0.05) is 18.6 Å². The van der Waals surface area contributed by atoms with Crippen LogP contribution < -0.4 is 5.32 Å². The Labute approximate surface area is 114 Å². The van der Waals surface area contributed by atoms with Gasteiger partial charge in [-0.2, -0.15) is 0 Å². The van der Waals surface area contributed by atoms with Gasteiger partial charge in [0, 0.05) is 30.8 Å². The number of ether oxygens (including phenoxy) is 1. The lowest BCUT2D eigenvalue weighted by Gasteiger charge is -2.24. The SMILES string of the molecule is COCCNCc1cccc(SCC2CCC2)c1. The molecule has 3 heteroatoms. The molecule has 0 aliphatic heterocycles. The van der Waals surface area contributed by atoms with E-state index in [1.54, 1.807) is 7.11 Å². The van der Waals surface area contributed by atoms with E-state index in [1.165, 1.54) is 35.5 Å². The van der Waals surface area contributed by atoms with Crippen molar-refractivity contribution in [1.29, 1.82) is 0 Å². The van der Waals surface area contributed by atoms with Crippen molar-refractivity contribution in [2.24, 2.45) is 5.92 Å². The normalized spacial score (nSPS) is 15.6. The summed E-state index contributed by atoms with van der Waals surface area (Å²) in [5.74, 6) is 2.26. The molecule has 1 aliphatic carbocycles. The first-order valence-corrected chi connectivity index (χ1v) is 7.78. The van der Waals surface area contributed by atoms with Gasteiger partial charge in [0.15, 0.2) is 0 Å². The fourth-order valence-corrected chi connectivity index (χ4v) is 3.20. The zero-order chi connectivity index (χ0) is 12.6. The Hall–Kier alpha value is -0.510. The summed E-state index contributed by atoms with van der Waals surface area (Å²) in [7, 11) is 1.74. The second kappa shape index (κ2) is 7.82. The summed E-state index contributed by atoms with van der Waals surface area (Å²) in [5.41, 5.74) is 1.37. The van der Waals surface area contributed by atoms with Crippen LogP contribution in [0.4, 0.5) is 0 Å². The Kier molecular flexibility index (Phi) is 6.05. The van der Waals surface area contributed by atoms with Gasteiger partial charge >= 0.3 is 0 Å². The number of benzene rings is 1. The van der Waals surface area contributed by atoms with Crippen LogP contribution in [-0.2, 0) is 11.3 Å². The molecule has 0 atom stereocenters. The maximum Gasteiger partial charge on any atom is 0.0587 e. The van der Waals surface area contributed by atoms with E-state index in [4.69, 9.17) is 4.74 Å². The molecule has 18 heavy (non-hydrogen) atoms. The Morgan fingerprint density at radius 1 is 1.39 bits per heavy atom. The van der Waals surface area contributed by atoms with Crippen molar-refractivity contribution < 1.29 is 4.74 Å². The van der Waals surface area contributed by atoms with Crippen molar-refractivity contribution in [3.63, 3.8) is 0 Å². The van der Waals surface area contributed by atoms with Crippen molar-refractivity contribution in [3.05, 3.63) is 29.8 Å². The van der Waals surface area contributed by atoms with Gasteiger partial charge in [-0.05, 0) is 36.5 Å². The van der Waals surface area contributed by atoms with E-state index in [0.29, 0.717) is 0 Å². The average molecular weight is 265 g/mol. The zero-order valence-electron chi connectivity index (χ0n) is 11.2. The molecule has 1 aromatic rings. The monoisotopic (exact) mass is 265 g/mol. The number of rotatable bonds is 8. The minimum absolute atomic E-state index is 0.774. The highest BCUT2D eigenvalue weighted by Crippen LogP contribution is 2.32. The highest BCUT2D eigenvalue weighted by Gasteiger charge is 2.17. The molecule has 1 saturated carbocycles. The molecule has 100 valence electrons. The van der Waals surface area contributed by atoms with E-state index < -0.39 is 0 Å². The summed E-state index contributed by atoms with van der Waals surface area (Å²) in [5, 5.41) is 3.38. The molecule has 0 amide bonds. The Morgan fingerprint density at radius 2 is 2.28 bits per heavy atom. The summed E-state index contributed by atoms with van der Waals surface area (Å²) < 4.78 is 5.02. The molecule has 0 aromatic heterocycles. The predicted octanol–water partition coefficient (Wildman–Crippen LogP) is 3.31. The number of hydrogen-bond donors (Lipinski definition) is 1. The molecule has 0 spiro atoms. The van der Waals surface area contributed by atoms with E-state index in [0.717, 1.165) is 25.6 Å². The molecule has 2 rings (SSSR count). The van der Waals surface area contributed by atoms with E-state index in [9.17, 15) is 0 Å². The first kappa shape index (κ1) is 13.9. The van der Waals surface area contributed by atoms with Gasteiger partial charge in [0.25, 0.3) is 0 Å². The van der Waals surface area contributed by atoms with Crippen molar-refractivity contribution in [3.8, 4) is 0 Å². The lowest BCUT2D eigenvalue weighted by molar-refractivity contribution is 0.199. The van der Waals surface area contributed by atoms with Crippen LogP contribution in [0.25, 0.3) is 0 Å². The second-order valence-corrected chi connectivity index (χ2v) is 6.02. The van der Waals surface area contributed by atoms with Crippen LogP contribution in [0.2, 0.25) is 0 Å². The van der Waals surface area contributed by atoms with Crippen molar-refractivity contribution >= 4 is 11.8 Å². The third kappa shape index (κ3) is 4.63. The van der Waals surface area contributed by atoms with Gasteiger partial charge in [0.2, 0.25) is 0 Å². The van der Waals surface area contributed by atoms with E-state index in [-0.39, 0.29) is 0 Å². The zero-order valence-corrected chi connectivity index (χ0v) is 12.0. The molecule has 1 fully saturated rings. The number of nitrogens with one attached hydrogen (secondary N) is 1. The summed E-state index contributed by atoms with van der Waals surface area (Å²) >= 11 is 2.01. The fourth-order valence-electron chi connectivity index (χ4n) is 2.03. The summed E-state index contributed by atoms with van der Waals surface area (Å²) in [4.78, 5) is 1.41. The summed E-state index contributed by atoms with van der Waals surface area (Å²) in [6.45, 7) is 2.62. The molecule has 2 nitrogen and oxygen atoms in total. The van der Waals surface area contributed by atoms with Crippen molar-refractivity contribution in [2.45, 2.75) is 30.7 Å². The first-order chi connectivity index (χ1) is 8.88. The van der Waals surface area contributed by atoms with Gasteiger partial charge < -0.3 is 10.1 Å². The van der Waals surface area contributed by atoms with Gasteiger partial charge in [0.1, 0.15) is 0 Å². The molecule has 1 N–H and O–H groups in total. The van der Waals surface area contributed by atoms with Gasteiger partial charge in [-0.25, -0.2) is 0 Å². The summed E-state index contributed by atoms with van der Waals surface area (Å²) in [6, 6.07) is 8.88. The minimum Gasteiger partial charge on any atom is -0.383 e. The van der Waals surface area contributed by atoms with Crippen LogP contribution in [0.1, 0.15) is 24.8 Å². The van der Waals surface area contributed by atoms with E-state index >= 15 is 0 Å². The Balaban J connectivity index is 1.73.